The van der Waals surface area contributed by atoms with Crippen LogP contribution in [0.4, 0.5) is 0 Å². The molecular formula is C8H18N2O2. The van der Waals surface area contributed by atoms with Crippen LogP contribution in [0.15, 0.2) is 0 Å². The van der Waals surface area contributed by atoms with Crippen molar-refractivity contribution in [3.8, 4) is 0 Å². The number of nitrogens with two attached hydrogens (primary N) is 1. The van der Waals surface area contributed by atoms with Crippen LogP contribution in [-0.4, -0.2) is 32.2 Å². The van der Waals surface area contributed by atoms with Gasteiger partial charge in [-0.05, 0) is 25.9 Å². The standard InChI is InChI=1S/C8H18N2O2/c1-3-7(8(11)12-2)10-6-4-5-9/h7,10H,3-6,9H2,1-2H3. The van der Waals surface area contributed by atoms with Crippen LogP contribution in [0.25, 0.3) is 0 Å². The Labute approximate surface area is 73.5 Å². The Balaban J connectivity index is 3.60. The second kappa shape index (κ2) is 7.06. The average molecular weight is 174 g/mol. The maximum absolute atomic E-state index is 11.0. The molecule has 0 aliphatic heterocycles. The molecule has 0 fully saturated rings. The van der Waals surface area contributed by atoms with Crippen LogP contribution in [0.5, 0.6) is 0 Å². The number of hydrogen-bond donors (Lipinski definition) is 2. The van der Waals surface area contributed by atoms with Crippen LogP contribution in [0.3, 0.4) is 0 Å². The van der Waals surface area contributed by atoms with E-state index in [1.807, 2.05) is 6.92 Å². The Morgan fingerprint density at radius 2 is 2.33 bits per heavy atom. The van der Waals surface area contributed by atoms with E-state index in [1.54, 1.807) is 0 Å². The van der Waals surface area contributed by atoms with Crippen molar-refractivity contribution in [3.05, 3.63) is 0 Å². The smallest absolute Gasteiger partial charge is 0.322 e. The van der Waals surface area contributed by atoms with Gasteiger partial charge >= 0.3 is 5.97 Å². The lowest BCUT2D eigenvalue weighted by atomic mass is 10.2. The molecule has 0 bridgehead atoms. The second-order valence-corrected chi connectivity index (χ2v) is 2.58. The first-order chi connectivity index (χ1) is 5.76. The third-order valence-electron chi connectivity index (χ3n) is 1.67. The molecule has 4 nitrogen and oxygen atoms in total. The van der Waals surface area contributed by atoms with Gasteiger partial charge in [0.25, 0.3) is 0 Å². The fraction of sp³-hybridized carbons (Fsp3) is 0.875. The van der Waals surface area contributed by atoms with Crippen molar-refractivity contribution in [2.24, 2.45) is 5.73 Å². The molecule has 0 amide bonds. The number of methoxy groups -OCH3 is 1. The van der Waals surface area contributed by atoms with Crippen molar-refractivity contribution in [1.29, 1.82) is 0 Å². The first-order valence-corrected chi connectivity index (χ1v) is 4.27. The van der Waals surface area contributed by atoms with Gasteiger partial charge in [0, 0.05) is 0 Å². The summed E-state index contributed by atoms with van der Waals surface area (Å²) in [5.41, 5.74) is 5.31. The summed E-state index contributed by atoms with van der Waals surface area (Å²) in [6.45, 7) is 3.35. The zero-order chi connectivity index (χ0) is 9.40. The van der Waals surface area contributed by atoms with Gasteiger partial charge in [-0.15, -0.1) is 0 Å². The van der Waals surface area contributed by atoms with Crippen LogP contribution < -0.4 is 11.1 Å². The molecular weight excluding hydrogens is 156 g/mol. The SMILES string of the molecule is CCC(NCCCN)C(=O)OC. The van der Waals surface area contributed by atoms with Gasteiger partial charge in [0.15, 0.2) is 0 Å². The summed E-state index contributed by atoms with van der Waals surface area (Å²) in [7, 11) is 1.40. The monoisotopic (exact) mass is 174 g/mol. The van der Waals surface area contributed by atoms with Crippen LogP contribution in [-0.2, 0) is 9.53 Å². The minimum Gasteiger partial charge on any atom is -0.468 e. The fourth-order valence-electron chi connectivity index (χ4n) is 0.915. The molecule has 0 rings (SSSR count). The van der Waals surface area contributed by atoms with E-state index in [-0.39, 0.29) is 12.0 Å². The predicted molar refractivity (Wildman–Crippen MR) is 47.8 cm³/mol. The molecule has 0 aromatic carbocycles. The number of nitrogens with one attached hydrogen (secondary N) is 1. The molecule has 0 aliphatic carbocycles. The van der Waals surface area contributed by atoms with Crippen molar-refractivity contribution in [3.63, 3.8) is 0 Å². The minimum atomic E-state index is -0.200. The molecule has 1 atom stereocenters. The highest BCUT2D eigenvalue weighted by Crippen LogP contribution is 1.93. The number of rotatable bonds is 6. The summed E-state index contributed by atoms with van der Waals surface area (Å²) in [5.74, 6) is -0.200. The molecule has 0 heterocycles. The minimum absolute atomic E-state index is 0.179. The molecule has 0 saturated carbocycles. The third kappa shape index (κ3) is 4.31. The van der Waals surface area contributed by atoms with Gasteiger partial charge in [0.2, 0.25) is 0 Å². The van der Waals surface area contributed by atoms with E-state index in [1.165, 1.54) is 7.11 Å². The molecule has 0 saturated heterocycles. The van der Waals surface area contributed by atoms with E-state index < -0.39 is 0 Å². The molecule has 0 spiro atoms. The first kappa shape index (κ1) is 11.4. The van der Waals surface area contributed by atoms with Crippen LogP contribution in [0, 0.1) is 0 Å². The van der Waals surface area contributed by atoms with Gasteiger partial charge in [-0.1, -0.05) is 6.92 Å². The number of ether oxygens (including phenoxy) is 1. The van der Waals surface area contributed by atoms with Gasteiger partial charge in [-0.3, -0.25) is 4.79 Å². The summed E-state index contributed by atoms with van der Waals surface area (Å²) in [4.78, 5) is 11.0. The van der Waals surface area contributed by atoms with Gasteiger partial charge in [-0.25, -0.2) is 0 Å². The molecule has 0 aromatic heterocycles. The lowest BCUT2D eigenvalue weighted by Crippen LogP contribution is -2.38. The van der Waals surface area contributed by atoms with E-state index in [0.717, 1.165) is 19.4 Å². The van der Waals surface area contributed by atoms with Crippen molar-refractivity contribution < 1.29 is 9.53 Å². The van der Waals surface area contributed by atoms with Crippen molar-refractivity contribution in [2.45, 2.75) is 25.8 Å². The van der Waals surface area contributed by atoms with Gasteiger partial charge in [-0.2, -0.15) is 0 Å². The Kier molecular flexibility index (Phi) is 6.70. The maximum Gasteiger partial charge on any atom is 0.322 e. The molecule has 0 aliphatic rings. The fourth-order valence-corrected chi connectivity index (χ4v) is 0.915. The van der Waals surface area contributed by atoms with E-state index in [2.05, 4.69) is 10.1 Å². The van der Waals surface area contributed by atoms with Crippen molar-refractivity contribution in [2.75, 3.05) is 20.2 Å². The Morgan fingerprint density at radius 1 is 1.67 bits per heavy atom. The van der Waals surface area contributed by atoms with Crippen LogP contribution in [0.2, 0.25) is 0 Å². The zero-order valence-corrected chi connectivity index (χ0v) is 7.80. The van der Waals surface area contributed by atoms with Gasteiger partial charge < -0.3 is 15.8 Å². The Hall–Kier alpha value is -0.610. The molecule has 1 unspecified atom stereocenters. The topological polar surface area (TPSA) is 64.3 Å². The van der Waals surface area contributed by atoms with Gasteiger partial charge in [0.1, 0.15) is 6.04 Å². The highest BCUT2D eigenvalue weighted by atomic mass is 16.5. The summed E-state index contributed by atoms with van der Waals surface area (Å²) in [6.07, 6.45) is 1.63. The number of hydrogen-bond acceptors (Lipinski definition) is 4. The summed E-state index contributed by atoms with van der Waals surface area (Å²) in [5, 5.41) is 3.07. The van der Waals surface area contributed by atoms with Gasteiger partial charge in [0.05, 0.1) is 7.11 Å². The maximum atomic E-state index is 11.0. The number of carbonyl (C=O) groups is 1. The van der Waals surface area contributed by atoms with E-state index in [4.69, 9.17) is 5.73 Å². The quantitative estimate of drug-likeness (QED) is 0.435. The first-order valence-electron chi connectivity index (χ1n) is 4.27. The van der Waals surface area contributed by atoms with E-state index in [0.29, 0.717) is 6.54 Å². The summed E-state index contributed by atoms with van der Waals surface area (Å²) in [6, 6.07) is -0.179. The largest absolute Gasteiger partial charge is 0.468 e. The lowest BCUT2D eigenvalue weighted by Gasteiger charge is -2.13. The van der Waals surface area contributed by atoms with Crippen LogP contribution >= 0.6 is 0 Å². The van der Waals surface area contributed by atoms with Crippen molar-refractivity contribution >= 4 is 5.97 Å². The lowest BCUT2D eigenvalue weighted by molar-refractivity contribution is -0.143. The highest BCUT2D eigenvalue weighted by Gasteiger charge is 2.14. The Bertz CT molecular complexity index is 128. The predicted octanol–water partition coefficient (Wildman–Crippen LogP) is -0.124. The molecule has 12 heavy (non-hydrogen) atoms. The molecule has 3 N–H and O–H groups in total. The molecule has 4 heteroatoms. The van der Waals surface area contributed by atoms with E-state index in [9.17, 15) is 4.79 Å². The van der Waals surface area contributed by atoms with E-state index >= 15 is 0 Å². The molecule has 0 radical (unpaired) electrons. The highest BCUT2D eigenvalue weighted by molar-refractivity contribution is 5.75. The normalized spacial score (nSPS) is 12.6. The number of esters is 1. The Morgan fingerprint density at radius 3 is 2.75 bits per heavy atom. The third-order valence-corrected chi connectivity index (χ3v) is 1.67. The van der Waals surface area contributed by atoms with Crippen molar-refractivity contribution in [1.82, 2.24) is 5.32 Å². The summed E-state index contributed by atoms with van der Waals surface area (Å²) >= 11 is 0. The molecule has 72 valence electrons. The average Bonchev–Trinajstić information content (AvgIpc) is 2.11. The number of carbonyl (C=O) groups excluding carboxylic acids is 1. The van der Waals surface area contributed by atoms with Crippen LogP contribution in [0.1, 0.15) is 19.8 Å². The summed E-state index contributed by atoms with van der Waals surface area (Å²) < 4.78 is 4.60. The zero-order valence-electron chi connectivity index (χ0n) is 7.80. The second-order valence-electron chi connectivity index (χ2n) is 2.58. The molecule has 0 aromatic rings.